The van der Waals surface area contributed by atoms with Crippen molar-refractivity contribution < 1.29 is 14.7 Å². The summed E-state index contributed by atoms with van der Waals surface area (Å²) in [5.74, 6) is -1.48. The van der Waals surface area contributed by atoms with E-state index in [2.05, 4.69) is 6.07 Å². The smallest absolute Gasteiger partial charge is 0.305 e. The maximum atomic E-state index is 13.8. The molecule has 3 aromatic carbocycles. The van der Waals surface area contributed by atoms with Gasteiger partial charge in [-0.15, -0.1) is 0 Å². The van der Waals surface area contributed by atoms with Gasteiger partial charge in [0.15, 0.2) is 0 Å². The highest BCUT2D eigenvalue weighted by Gasteiger charge is 2.33. The molecule has 32 heavy (non-hydrogen) atoms. The van der Waals surface area contributed by atoms with E-state index in [1.807, 2.05) is 6.07 Å². The molecule has 5 nitrogen and oxygen atoms in total. The van der Waals surface area contributed by atoms with Crippen LogP contribution in [0.3, 0.4) is 0 Å². The Labute approximate surface area is 196 Å². The third-order valence-electron chi connectivity index (χ3n) is 5.20. The number of hydrogen-bond acceptors (Lipinski definition) is 3. The van der Waals surface area contributed by atoms with Gasteiger partial charge in [0.2, 0.25) is 0 Å². The predicted octanol–water partition coefficient (Wildman–Crippen LogP) is 6.28. The standard InChI is InChI=1S/C25H20Cl2N2O3/c1-16(19-9-5-6-17(12-19)15-28)29(25(32)21-11-10-20(26)13-22(21)27)23(14-24(30)31)18-7-3-2-4-8-18/h2-13,16,23H,14H2,1H3,(H,30,31). The Balaban J connectivity index is 2.17. The number of hydrogen-bond donors (Lipinski definition) is 1. The normalized spacial score (nSPS) is 12.4. The third kappa shape index (κ3) is 5.28. The molecule has 0 spiro atoms. The van der Waals surface area contributed by atoms with Crippen LogP contribution in [0.25, 0.3) is 0 Å². The topological polar surface area (TPSA) is 81.4 Å². The molecule has 162 valence electrons. The van der Waals surface area contributed by atoms with Crippen LogP contribution in [0.4, 0.5) is 0 Å². The number of carboxylic acids is 1. The van der Waals surface area contributed by atoms with Gasteiger partial charge in [0.05, 0.1) is 40.7 Å². The maximum absolute atomic E-state index is 13.8. The van der Waals surface area contributed by atoms with E-state index in [9.17, 15) is 20.0 Å². The fraction of sp³-hybridized carbons (Fsp3) is 0.160. The zero-order chi connectivity index (χ0) is 23.3. The summed E-state index contributed by atoms with van der Waals surface area (Å²) in [5, 5.41) is 19.5. The van der Waals surface area contributed by atoms with Gasteiger partial charge in [-0.3, -0.25) is 9.59 Å². The minimum atomic E-state index is -1.04. The number of rotatable bonds is 7. The van der Waals surface area contributed by atoms with E-state index in [0.29, 0.717) is 21.7 Å². The van der Waals surface area contributed by atoms with Crippen molar-refractivity contribution >= 4 is 35.1 Å². The van der Waals surface area contributed by atoms with Gasteiger partial charge < -0.3 is 10.0 Å². The molecule has 2 unspecified atom stereocenters. The van der Waals surface area contributed by atoms with Gasteiger partial charge in [0, 0.05) is 5.02 Å². The Morgan fingerprint density at radius 3 is 2.31 bits per heavy atom. The fourth-order valence-electron chi connectivity index (χ4n) is 3.64. The van der Waals surface area contributed by atoms with Gasteiger partial charge in [0.25, 0.3) is 5.91 Å². The maximum Gasteiger partial charge on any atom is 0.305 e. The molecule has 0 radical (unpaired) electrons. The van der Waals surface area contributed by atoms with Crippen LogP contribution < -0.4 is 0 Å². The summed E-state index contributed by atoms with van der Waals surface area (Å²) < 4.78 is 0. The molecule has 2 atom stereocenters. The molecular weight excluding hydrogens is 447 g/mol. The lowest BCUT2D eigenvalue weighted by Crippen LogP contribution is -2.38. The van der Waals surface area contributed by atoms with Crippen LogP contribution in [0.1, 0.15) is 52.5 Å². The summed E-state index contributed by atoms with van der Waals surface area (Å²) in [6.45, 7) is 1.80. The molecule has 0 aliphatic rings. The number of carboxylic acid groups (broad SMARTS) is 1. The predicted molar refractivity (Wildman–Crippen MR) is 124 cm³/mol. The summed E-state index contributed by atoms with van der Waals surface area (Å²) in [7, 11) is 0. The monoisotopic (exact) mass is 466 g/mol. The zero-order valence-corrected chi connectivity index (χ0v) is 18.7. The van der Waals surface area contributed by atoms with E-state index in [0.717, 1.165) is 0 Å². The lowest BCUT2D eigenvalue weighted by molar-refractivity contribution is -0.138. The second-order valence-corrected chi connectivity index (χ2v) is 8.12. The van der Waals surface area contributed by atoms with Crippen molar-refractivity contribution in [2.24, 2.45) is 0 Å². The highest BCUT2D eigenvalue weighted by molar-refractivity contribution is 6.36. The van der Waals surface area contributed by atoms with Crippen molar-refractivity contribution in [1.29, 1.82) is 5.26 Å². The second kappa shape index (κ2) is 10.3. The number of amides is 1. The van der Waals surface area contributed by atoms with E-state index in [-0.39, 0.29) is 17.0 Å². The number of benzene rings is 3. The van der Waals surface area contributed by atoms with Crippen molar-refractivity contribution in [2.75, 3.05) is 0 Å². The molecule has 0 fully saturated rings. The first-order valence-electron chi connectivity index (χ1n) is 9.86. The number of halogens is 2. The average molecular weight is 467 g/mol. The quantitative estimate of drug-likeness (QED) is 0.443. The molecule has 3 rings (SSSR count). The Bertz CT molecular complexity index is 1180. The highest BCUT2D eigenvalue weighted by Crippen LogP contribution is 2.36. The van der Waals surface area contributed by atoms with E-state index >= 15 is 0 Å². The lowest BCUT2D eigenvalue weighted by Gasteiger charge is -2.37. The molecule has 0 saturated heterocycles. The molecule has 7 heteroatoms. The highest BCUT2D eigenvalue weighted by atomic mass is 35.5. The Hall–Kier alpha value is -3.33. The largest absolute Gasteiger partial charge is 0.481 e. The van der Waals surface area contributed by atoms with Gasteiger partial charge in [0.1, 0.15) is 0 Å². The van der Waals surface area contributed by atoms with E-state index in [1.165, 1.54) is 17.0 Å². The molecule has 0 saturated carbocycles. The Kier molecular flexibility index (Phi) is 7.53. The van der Waals surface area contributed by atoms with Crippen LogP contribution >= 0.6 is 23.2 Å². The van der Waals surface area contributed by atoms with E-state index in [1.54, 1.807) is 61.5 Å². The zero-order valence-electron chi connectivity index (χ0n) is 17.2. The summed E-state index contributed by atoms with van der Waals surface area (Å²) in [4.78, 5) is 27.1. The molecule has 1 N–H and O–H groups in total. The third-order valence-corrected chi connectivity index (χ3v) is 5.75. The molecule has 0 aliphatic heterocycles. The van der Waals surface area contributed by atoms with Gasteiger partial charge in [-0.2, -0.15) is 5.26 Å². The number of aliphatic carboxylic acids is 1. The van der Waals surface area contributed by atoms with Crippen LogP contribution in [-0.4, -0.2) is 21.9 Å². The van der Waals surface area contributed by atoms with Gasteiger partial charge in [-0.05, 0) is 48.4 Å². The molecule has 0 bridgehead atoms. The first kappa shape index (κ1) is 23.3. The Morgan fingerprint density at radius 2 is 1.69 bits per heavy atom. The van der Waals surface area contributed by atoms with Crippen molar-refractivity contribution in [1.82, 2.24) is 4.90 Å². The van der Waals surface area contributed by atoms with Crippen molar-refractivity contribution in [3.05, 3.63) is 105 Å². The van der Waals surface area contributed by atoms with Crippen LogP contribution in [0.5, 0.6) is 0 Å². The lowest BCUT2D eigenvalue weighted by atomic mass is 9.95. The van der Waals surface area contributed by atoms with E-state index < -0.39 is 24.0 Å². The van der Waals surface area contributed by atoms with Crippen LogP contribution in [0.2, 0.25) is 10.0 Å². The summed E-state index contributed by atoms with van der Waals surface area (Å²) >= 11 is 12.3. The van der Waals surface area contributed by atoms with Gasteiger partial charge >= 0.3 is 5.97 Å². The number of carbonyl (C=O) groups excluding carboxylic acids is 1. The van der Waals surface area contributed by atoms with Crippen LogP contribution in [-0.2, 0) is 4.79 Å². The van der Waals surface area contributed by atoms with E-state index in [4.69, 9.17) is 23.2 Å². The van der Waals surface area contributed by atoms with Crippen molar-refractivity contribution in [3.8, 4) is 6.07 Å². The first-order valence-corrected chi connectivity index (χ1v) is 10.6. The second-order valence-electron chi connectivity index (χ2n) is 7.27. The molecule has 1 amide bonds. The van der Waals surface area contributed by atoms with Gasteiger partial charge in [-0.1, -0.05) is 65.7 Å². The molecular formula is C25H20Cl2N2O3. The summed E-state index contributed by atoms with van der Waals surface area (Å²) in [6.07, 6.45) is -0.302. The molecule has 0 aliphatic carbocycles. The minimum Gasteiger partial charge on any atom is -0.481 e. The van der Waals surface area contributed by atoms with Crippen LogP contribution in [0.15, 0.2) is 72.8 Å². The van der Waals surface area contributed by atoms with Crippen LogP contribution in [0, 0.1) is 11.3 Å². The SMILES string of the molecule is CC(c1cccc(C#N)c1)N(C(=O)c1ccc(Cl)cc1Cl)C(CC(=O)O)c1ccccc1. The summed E-state index contributed by atoms with van der Waals surface area (Å²) in [6, 6.07) is 21.2. The van der Waals surface area contributed by atoms with Crippen molar-refractivity contribution in [3.63, 3.8) is 0 Å². The fourth-order valence-corrected chi connectivity index (χ4v) is 4.12. The molecule has 3 aromatic rings. The van der Waals surface area contributed by atoms with Crippen molar-refractivity contribution in [2.45, 2.75) is 25.4 Å². The number of nitrogens with zero attached hydrogens (tertiary/aromatic N) is 2. The molecule has 0 aromatic heterocycles. The first-order chi connectivity index (χ1) is 15.3. The average Bonchev–Trinajstić information content (AvgIpc) is 2.78. The Morgan fingerprint density at radius 1 is 1.00 bits per heavy atom. The minimum absolute atomic E-state index is 0.174. The van der Waals surface area contributed by atoms with Gasteiger partial charge in [-0.25, -0.2) is 0 Å². The summed E-state index contributed by atoms with van der Waals surface area (Å²) in [5.41, 5.74) is 2.04. The molecule has 0 heterocycles. The number of nitriles is 1. The number of carbonyl (C=O) groups is 2.